The van der Waals surface area contributed by atoms with Gasteiger partial charge in [-0.1, -0.05) is 42.3 Å². The van der Waals surface area contributed by atoms with Gasteiger partial charge in [0, 0.05) is 18.0 Å². The number of anilines is 2. The number of aryl methyl sites for hydroxylation is 1. The zero-order chi connectivity index (χ0) is 13.8. The third-order valence-corrected chi connectivity index (χ3v) is 3.17. The van der Waals surface area contributed by atoms with Crippen LogP contribution in [0.3, 0.4) is 0 Å². The fraction of sp³-hybridized carbons (Fsp3) is 0.231. The summed E-state index contributed by atoms with van der Waals surface area (Å²) in [6, 6.07) is 7.56. The molecule has 6 heteroatoms. The Morgan fingerprint density at radius 1 is 1.16 bits per heavy atom. The monoisotopic (exact) mass is 296 g/mol. The minimum atomic E-state index is 0.283. The molecule has 0 unspecified atom stereocenters. The first kappa shape index (κ1) is 13.9. The average molecular weight is 297 g/mol. The van der Waals surface area contributed by atoms with Gasteiger partial charge in [0.2, 0.25) is 0 Å². The molecular formula is C13H14Cl2N4. The van der Waals surface area contributed by atoms with Gasteiger partial charge in [0.25, 0.3) is 0 Å². The standard InChI is InChI=1S/C13H14Cl2N4/c1-2-10-18-12(15)11(16)13(19-10)17-7-8-3-5-9(14)6-4-8/h3-6H,2,7,16H2,1H3,(H,17,18,19). The quantitative estimate of drug-likeness (QED) is 0.847. The molecule has 2 aromatic rings. The maximum Gasteiger partial charge on any atom is 0.157 e. The van der Waals surface area contributed by atoms with Crippen LogP contribution in [0.15, 0.2) is 24.3 Å². The number of nitrogens with one attached hydrogen (secondary N) is 1. The largest absolute Gasteiger partial charge is 0.393 e. The second-order valence-corrected chi connectivity index (χ2v) is 4.82. The van der Waals surface area contributed by atoms with E-state index in [0.717, 1.165) is 5.56 Å². The predicted molar refractivity (Wildman–Crippen MR) is 79.6 cm³/mol. The van der Waals surface area contributed by atoms with Gasteiger partial charge < -0.3 is 11.1 Å². The zero-order valence-electron chi connectivity index (χ0n) is 10.5. The van der Waals surface area contributed by atoms with Crippen LogP contribution in [0.25, 0.3) is 0 Å². The van der Waals surface area contributed by atoms with Crippen molar-refractivity contribution in [3.05, 3.63) is 45.8 Å². The van der Waals surface area contributed by atoms with Gasteiger partial charge in [-0.15, -0.1) is 0 Å². The molecule has 0 saturated carbocycles. The van der Waals surface area contributed by atoms with Gasteiger partial charge in [-0.25, -0.2) is 9.97 Å². The number of aromatic nitrogens is 2. The summed E-state index contributed by atoms with van der Waals surface area (Å²) in [6.45, 7) is 2.56. The highest BCUT2D eigenvalue weighted by Crippen LogP contribution is 2.24. The van der Waals surface area contributed by atoms with Gasteiger partial charge in [0.15, 0.2) is 11.0 Å². The van der Waals surface area contributed by atoms with Crippen LogP contribution in [0, 0.1) is 0 Å². The van der Waals surface area contributed by atoms with Crippen LogP contribution in [0.5, 0.6) is 0 Å². The third kappa shape index (κ3) is 3.49. The fourth-order valence-corrected chi connectivity index (χ4v) is 1.88. The predicted octanol–water partition coefficient (Wildman–Crippen LogP) is 3.54. The molecule has 0 atom stereocenters. The number of hydrogen-bond donors (Lipinski definition) is 2. The number of nitrogens with two attached hydrogens (primary N) is 1. The lowest BCUT2D eigenvalue weighted by Gasteiger charge is -2.10. The summed E-state index contributed by atoms with van der Waals surface area (Å²) in [4.78, 5) is 8.42. The Hall–Kier alpha value is -1.52. The average Bonchev–Trinajstić information content (AvgIpc) is 2.42. The van der Waals surface area contributed by atoms with Crippen LogP contribution in [0.1, 0.15) is 18.3 Å². The summed E-state index contributed by atoms with van der Waals surface area (Å²) in [5.41, 5.74) is 7.30. The highest BCUT2D eigenvalue weighted by molar-refractivity contribution is 6.32. The molecule has 1 aromatic carbocycles. The molecule has 2 rings (SSSR count). The van der Waals surface area contributed by atoms with E-state index in [-0.39, 0.29) is 5.15 Å². The number of hydrogen-bond acceptors (Lipinski definition) is 4. The minimum absolute atomic E-state index is 0.283. The van der Waals surface area contributed by atoms with E-state index in [9.17, 15) is 0 Å². The topological polar surface area (TPSA) is 63.8 Å². The summed E-state index contributed by atoms with van der Waals surface area (Å²) in [5, 5.41) is 4.15. The number of rotatable bonds is 4. The number of benzene rings is 1. The second-order valence-electron chi connectivity index (χ2n) is 4.03. The molecule has 3 N–H and O–H groups in total. The molecule has 0 fully saturated rings. The van der Waals surface area contributed by atoms with E-state index in [1.165, 1.54) is 0 Å². The first-order valence-corrected chi connectivity index (χ1v) is 6.66. The highest BCUT2D eigenvalue weighted by Gasteiger charge is 2.09. The van der Waals surface area contributed by atoms with E-state index in [0.29, 0.717) is 35.3 Å². The van der Waals surface area contributed by atoms with E-state index in [4.69, 9.17) is 28.9 Å². The van der Waals surface area contributed by atoms with E-state index < -0.39 is 0 Å². The first-order valence-electron chi connectivity index (χ1n) is 5.90. The maximum atomic E-state index is 5.97. The molecular weight excluding hydrogens is 283 g/mol. The molecule has 4 nitrogen and oxygen atoms in total. The summed E-state index contributed by atoms with van der Waals surface area (Å²) in [5.74, 6) is 1.23. The Bertz CT molecular complexity index is 570. The van der Waals surface area contributed by atoms with Gasteiger partial charge in [-0.05, 0) is 17.7 Å². The summed E-state index contributed by atoms with van der Waals surface area (Å²) < 4.78 is 0. The summed E-state index contributed by atoms with van der Waals surface area (Å²) in [7, 11) is 0. The Balaban J connectivity index is 2.14. The van der Waals surface area contributed by atoms with E-state index in [1.54, 1.807) is 0 Å². The Kier molecular flexibility index (Phi) is 4.45. The lowest BCUT2D eigenvalue weighted by molar-refractivity contribution is 0.935. The van der Waals surface area contributed by atoms with Gasteiger partial charge in [-0.2, -0.15) is 0 Å². The van der Waals surface area contributed by atoms with Crippen molar-refractivity contribution in [2.24, 2.45) is 0 Å². The summed E-state index contributed by atoms with van der Waals surface area (Å²) >= 11 is 11.8. The molecule has 100 valence electrons. The molecule has 0 spiro atoms. The molecule has 0 aliphatic heterocycles. The molecule has 1 aromatic heterocycles. The normalized spacial score (nSPS) is 10.5. The van der Waals surface area contributed by atoms with Crippen molar-refractivity contribution in [1.82, 2.24) is 9.97 Å². The van der Waals surface area contributed by atoms with Crippen LogP contribution in [-0.4, -0.2) is 9.97 Å². The van der Waals surface area contributed by atoms with Crippen LogP contribution in [0.2, 0.25) is 10.2 Å². The second kappa shape index (κ2) is 6.08. The number of halogens is 2. The molecule has 0 aliphatic rings. The summed E-state index contributed by atoms with van der Waals surface area (Å²) in [6.07, 6.45) is 0.704. The van der Waals surface area contributed by atoms with Gasteiger partial charge in [0.1, 0.15) is 11.5 Å². The van der Waals surface area contributed by atoms with Gasteiger partial charge >= 0.3 is 0 Å². The first-order chi connectivity index (χ1) is 9.10. The minimum Gasteiger partial charge on any atom is -0.393 e. The molecule has 0 bridgehead atoms. The lowest BCUT2D eigenvalue weighted by atomic mass is 10.2. The Labute approximate surface area is 122 Å². The van der Waals surface area contributed by atoms with Crippen LogP contribution in [0.4, 0.5) is 11.5 Å². The van der Waals surface area contributed by atoms with E-state index in [1.807, 2.05) is 31.2 Å². The molecule has 0 amide bonds. The van der Waals surface area contributed by atoms with Gasteiger partial charge in [-0.3, -0.25) is 0 Å². The lowest BCUT2D eigenvalue weighted by Crippen LogP contribution is -2.08. The number of nitrogens with zero attached hydrogens (tertiary/aromatic N) is 2. The van der Waals surface area contributed by atoms with Crippen molar-refractivity contribution in [1.29, 1.82) is 0 Å². The van der Waals surface area contributed by atoms with Gasteiger partial charge in [0.05, 0.1) is 0 Å². The Morgan fingerprint density at radius 3 is 2.47 bits per heavy atom. The van der Waals surface area contributed by atoms with E-state index >= 15 is 0 Å². The van der Waals surface area contributed by atoms with Crippen LogP contribution in [-0.2, 0) is 13.0 Å². The van der Waals surface area contributed by atoms with Crippen molar-refractivity contribution < 1.29 is 0 Å². The SMILES string of the molecule is CCc1nc(Cl)c(N)c(NCc2ccc(Cl)cc2)n1. The highest BCUT2D eigenvalue weighted by atomic mass is 35.5. The van der Waals surface area contributed by atoms with Crippen molar-refractivity contribution in [2.75, 3.05) is 11.1 Å². The van der Waals surface area contributed by atoms with Crippen molar-refractivity contribution >= 4 is 34.7 Å². The van der Waals surface area contributed by atoms with Crippen molar-refractivity contribution in [3.8, 4) is 0 Å². The smallest absolute Gasteiger partial charge is 0.157 e. The molecule has 0 radical (unpaired) electrons. The maximum absolute atomic E-state index is 5.97. The van der Waals surface area contributed by atoms with Crippen LogP contribution < -0.4 is 11.1 Å². The molecule has 1 heterocycles. The zero-order valence-corrected chi connectivity index (χ0v) is 12.0. The fourth-order valence-electron chi connectivity index (χ4n) is 1.57. The Morgan fingerprint density at radius 2 is 1.84 bits per heavy atom. The third-order valence-electron chi connectivity index (χ3n) is 2.63. The molecule has 19 heavy (non-hydrogen) atoms. The van der Waals surface area contributed by atoms with Crippen LogP contribution >= 0.6 is 23.2 Å². The van der Waals surface area contributed by atoms with Crippen molar-refractivity contribution in [3.63, 3.8) is 0 Å². The molecule has 0 saturated heterocycles. The van der Waals surface area contributed by atoms with Crippen molar-refractivity contribution in [2.45, 2.75) is 19.9 Å². The molecule has 0 aliphatic carbocycles. The number of nitrogen functional groups attached to an aromatic ring is 1. The van der Waals surface area contributed by atoms with E-state index in [2.05, 4.69) is 15.3 Å².